The monoisotopic (exact) mass is 150 g/mol. The maximum absolute atomic E-state index is 5.63. The number of aromatic amines is 1. The second kappa shape index (κ2) is 3.17. The number of nitrogens with zero attached hydrogens (tertiary/aromatic N) is 2. The zero-order valence-corrected chi connectivity index (χ0v) is 6.33. The first kappa shape index (κ1) is 7.76. The lowest BCUT2D eigenvalue weighted by Gasteiger charge is -1.99. The van der Waals surface area contributed by atoms with Gasteiger partial charge in [0.05, 0.1) is 6.04 Å². The quantitative estimate of drug-likeness (QED) is 0.589. The number of nitrogens with one attached hydrogen (secondary N) is 1. The van der Waals surface area contributed by atoms with Crippen molar-refractivity contribution in [3.8, 4) is 12.3 Å². The van der Waals surface area contributed by atoms with Crippen LogP contribution in [0, 0.1) is 19.3 Å². The Bertz CT molecular complexity index is 270. The highest BCUT2D eigenvalue weighted by Crippen LogP contribution is 2.06. The van der Waals surface area contributed by atoms with Crippen LogP contribution in [-0.4, -0.2) is 15.2 Å². The van der Waals surface area contributed by atoms with Crippen molar-refractivity contribution in [2.24, 2.45) is 5.73 Å². The van der Waals surface area contributed by atoms with Crippen molar-refractivity contribution in [2.45, 2.75) is 19.4 Å². The zero-order chi connectivity index (χ0) is 8.27. The van der Waals surface area contributed by atoms with Gasteiger partial charge in [-0.05, 0) is 6.92 Å². The molecule has 4 heteroatoms. The molecule has 0 bridgehead atoms. The van der Waals surface area contributed by atoms with Crippen LogP contribution in [0.2, 0.25) is 0 Å². The Morgan fingerprint density at radius 3 is 3.00 bits per heavy atom. The summed E-state index contributed by atoms with van der Waals surface area (Å²) in [6.07, 6.45) is 5.55. The van der Waals surface area contributed by atoms with Crippen molar-refractivity contribution in [1.29, 1.82) is 0 Å². The molecule has 0 aliphatic heterocycles. The Balaban J connectivity index is 2.70. The maximum Gasteiger partial charge on any atom is 0.168 e. The van der Waals surface area contributed by atoms with E-state index >= 15 is 0 Å². The Morgan fingerprint density at radius 2 is 2.55 bits per heavy atom. The molecule has 1 rings (SSSR count). The van der Waals surface area contributed by atoms with Crippen molar-refractivity contribution < 1.29 is 0 Å². The van der Waals surface area contributed by atoms with Gasteiger partial charge in [-0.3, -0.25) is 5.10 Å². The summed E-state index contributed by atoms with van der Waals surface area (Å²) in [7, 11) is 0. The molecular weight excluding hydrogens is 140 g/mol. The molecule has 0 spiro atoms. The van der Waals surface area contributed by atoms with Gasteiger partial charge in [-0.2, -0.15) is 5.10 Å². The molecule has 0 aliphatic rings. The highest BCUT2D eigenvalue weighted by molar-refractivity contribution is 5.00. The molecular formula is C7H10N4. The molecule has 1 atom stereocenters. The van der Waals surface area contributed by atoms with Crippen LogP contribution in [0.5, 0.6) is 0 Å². The maximum atomic E-state index is 5.63. The van der Waals surface area contributed by atoms with E-state index in [2.05, 4.69) is 21.1 Å². The Kier molecular flexibility index (Phi) is 2.24. The molecule has 4 nitrogen and oxygen atoms in total. The number of aromatic nitrogens is 3. The molecule has 1 aromatic rings. The summed E-state index contributed by atoms with van der Waals surface area (Å²) in [6, 6.07) is -0.245. The van der Waals surface area contributed by atoms with Crippen LogP contribution in [0.3, 0.4) is 0 Å². The SMILES string of the molecule is C#CC[C@H](N)c1n[nH]c(C)n1. The summed E-state index contributed by atoms with van der Waals surface area (Å²) in [5.41, 5.74) is 5.63. The van der Waals surface area contributed by atoms with Gasteiger partial charge < -0.3 is 5.73 Å². The van der Waals surface area contributed by atoms with Gasteiger partial charge in [0.2, 0.25) is 0 Å². The molecule has 58 valence electrons. The minimum absolute atomic E-state index is 0.245. The van der Waals surface area contributed by atoms with Crippen LogP contribution >= 0.6 is 0 Å². The molecule has 1 heterocycles. The average Bonchev–Trinajstić information content (AvgIpc) is 2.36. The minimum atomic E-state index is -0.245. The zero-order valence-electron chi connectivity index (χ0n) is 6.33. The van der Waals surface area contributed by atoms with Crippen LogP contribution in [0.25, 0.3) is 0 Å². The van der Waals surface area contributed by atoms with Crippen molar-refractivity contribution in [3.05, 3.63) is 11.6 Å². The van der Waals surface area contributed by atoms with E-state index in [0.29, 0.717) is 12.2 Å². The van der Waals surface area contributed by atoms with E-state index in [1.807, 2.05) is 6.92 Å². The van der Waals surface area contributed by atoms with Crippen molar-refractivity contribution >= 4 is 0 Å². The molecule has 0 saturated heterocycles. The summed E-state index contributed by atoms with van der Waals surface area (Å²) >= 11 is 0. The number of hydrogen-bond acceptors (Lipinski definition) is 3. The lowest BCUT2D eigenvalue weighted by Crippen LogP contribution is -2.11. The van der Waals surface area contributed by atoms with Gasteiger partial charge in [0.15, 0.2) is 5.82 Å². The molecule has 1 aromatic heterocycles. The van der Waals surface area contributed by atoms with Crippen LogP contribution in [-0.2, 0) is 0 Å². The average molecular weight is 150 g/mol. The van der Waals surface area contributed by atoms with Crippen LogP contribution in [0.1, 0.15) is 24.1 Å². The standard InChI is InChI=1S/C7H10N4/c1-3-4-6(8)7-9-5(2)10-11-7/h1,6H,4,8H2,2H3,(H,9,10,11)/t6-/m0/s1. The predicted octanol–water partition coefficient (Wildman–Crippen LogP) is 0.136. The molecule has 0 radical (unpaired) electrons. The number of aryl methyl sites for hydroxylation is 1. The lowest BCUT2D eigenvalue weighted by atomic mass is 10.2. The third-order valence-corrected chi connectivity index (χ3v) is 1.28. The van der Waals surface area contributed by atoms with E-state index in [-0.39, 0.29) is 6.04 Å². The van der Waals surface area contributed by atoms with E-state index in [9.17, 15) is 0 Å². The highest BCUT2D eigenvalue weighted by atomic mass is 15.2. The second-order valence-corrected chi connectivity index (χ2v) is 2.29. The second-order valence-electron chi connectivity index (χ2n) is 2.29. The van der Waals surface area contributed by atoms with Crippen LogP contribution < -0.4 is 5.73 Å². The normalized spacial score (nSPS) is 12.5. The van der Waals surface area contributed by atoms with Crippen LogP contribution in [0.15, 0.2) is 0 Å². The number of terminal acetylenes is 1. The first-order chi connectivity index (χ1) is 5.24. The third kappa shape index (κ3) is 1.79. The Labute approximate surface area is 65.2 Å². The van der Waals surface area contributed by atoms with Crippen LogP contribution in [0.4, 0.5) is 0 Å². The van der Waals surface area contributed by atoms with E-state index in [0.717, 1.165) is 5.82 Å². The molecule has 11 heavy (non-hydrogen) atoms. The topological polar surface area (TPSA) is 67.6 Å². The van der Waals surface area contributed by atoms with Crippen molar-refractivity contribution in [1.82, 2.24) is 15.2 Å². The van der Waals surface area contributed by atoms with E-state index in [1.54, 1.807) is 0 Å². The fourth-order valence-corrected chi connectivity index (χ4v) is 0.744. The highest BCUT2D eigenvalue weighted by Gasteiger charge is 2.08. The third-order valence-electron chi connectivity index (χ3n) is 1.28. The smallest absolute Gasteiger partial charge is 0.168 e. The summed E-state index contributed by atoms with van der Waals surface area (Å²) in [5.74, 6) is 3.80. The first-order valence-electron chi connectivity index (χ1n) is 3.32. The van der Waals surface area contributed by atoms with E-state index < -0.39 is 0 Å². The fraction of sp³-hybridized carbons (Fsp3) is 0.429. The van der Waals surface area contributed by atoms with Gasteiger partial charge in [0.1, 0.15) is 5.82 Å². The molecule has 0 amide bonds. The Hall–Kier alpha value is -1.34. The molecule has 0 saturated carbocycles. The summed E-state index contributed by atoms with van der Waals surface area (Å²) in [6.45, 7) is 1.82. The minimum Gasteiger partial charge on any atom is -0.320 e. The number of H-pyrrole nitrogens is 1. The van der Waals surface area contributed by atoms with Gasteiger partial charge >= 0.3 is 0 Å². The van der Waals surface area contributed by atoms with Crippen molar-refractivity contribution in [3.63, 3.8) is 0 Å². The lowest BCUT2D eigenvalue weighted by molar-refractivity contribution is 0.696. The van der Waals surface area contributed by atoms with E-state index in [1.165, 1.54) is 0 Å². The molecule has 0 aromatic carbocycles. The molecule has 3 N–H and O–H groups in total. The van der Waals surface area contributed by atoms with Gasteiger partial charge in [-0.1, -0.05) is 0 Å². The van der Waals surface area contributed by atoms with E-state index in [4.69, 9.17) is 12.2 Å². The summed E-state index contributed by atoms with van der Waals surface area (Å²) in [5, 5.41) is 6.58. The molecule has 0 aliphatic carbocycles. The van der Waals surface area contributed by atoms with Gasteiger partial charge in [-0.25, -0.2) is 4.98 Å². The molecule has 0 unspecified atom stereocenters. The number of hydrogen-bond donors (Lipinski definition) is 2. The van der Waals surface area contributed by atoms with Gasteiger partial charge in [-0.15, -0.1) is 12.3 Å². The van der Waals surface area contributed by atoms with Crippen molar-refractivity contribution in [2.75, 3.05) is 0 Å². The summed E-state index contributed by atoms with van der Waals surface area (Å²) in [4.78, 5) is 4.04. The fourth-order valence-electron chi connectivity index (χ4n) is 0.744. The summed E-state index contributed by atoms with van der Waals surface area (Å²) < 4.78 is 0. The first-order valence-corrected chi connectivity index (χ1v) is 3.32. The van der Waals surface area contributed by atoms with Gasteiger partial charge in [0, 0.05) is 6.42 Å². The Morgan fingerprint density at radius 1 is 1.82 bits per heavy atom. The van der Waals surface area contributed by atoms with Gasteiger partial charge in [0.25, 0.3) is 0 Å². The predicted molar refractivity (Wildman–Crippen MR) is 41.5 cm³/mol. The number of rotatable bonds is 2. The number of nitrogens with two attached hydrogens (primary N) is 1. The molecule has 0 fully saturated rings. The largest absolute Gasteiger partial charge is 0.320 e.